The average Bonchev–Trinajstić information content (AvgIpc) is 3.11. The first-order chi connectivity index (χ1) is 14.6. The highest BCUT2D eigenvalue weighted by Gasteiger charge is 2.24. The van der Waals surface area contributed by atoms with E-state index in [0.717, 1.165) is 11.3 Å². The highest BCUT2D eigenvalue weighted by molar-refractivity contribution is 8.00. The van der Waals surface area contributed by atoms with E-state index in [-0.39, 0.29) is 0 Å². The van der Waals surface area contributed by atoms with Crippen molar-refractivity contribution >= 4 is 35.3 Å². The fraction of sp³-hybridized carbons (Fsp3) is 0.273. The SMILES string of the molecule is CC(Sc1nnc(-c2ccc(Cl)cc2)n1-c1ccccc1)C(=O)NC(=O)NC(C)(C)C. The van der Waals surface area contributed by atoms with Crippen molar-refractivity contribution in [1.82, 2.24) is 25.4 Å². The summed E-state index contributed by atoms with van der Waals surface area (Å²) in [6.45, 7) is 7.25. The molecular weight excluding hydrogens is 434 g/mol. The fourth-order valence-corrected chi connectivity index (χ4v) is 3.73. The van der Waals surface area contributed by atoms with Crippen LogP contribution < -0.4 is 10.6 Å². The number of nitrogens with zero attached hydrogens (tertiary/aromatic N) is 3. The van der Waals surface area contributed by atoms with Gasteiger partial charge in [-0.2, -0.15) is 0 Å². The number of halogens is 1. The van der Waals surface area contributed by atoms with Crippen LogP contribution in [0.5, 0.6) is 0 Å². The van der Waals surface area contributed by atoms with Gasteiger partial charge < -0.3 is 5.32 Å². The lowest BCUT2D eigenvalue weighted by Crippen LogP contribution is -2.49. The van der Waals surface area contributed by atoms with E-state index in [9.17, 15) is 9.59 Å². The van der Waals surface area contributed by atoms with E-state index in [2.05, 4.69) is 20.8 Å². The van der Waals surface area contributed by atoms with Crippen LogP contribution in [0.15, 0.2) is 59.8 Å². The molecule has 162 valence electrons. The van der Waals surface area contributed by atoms with Crippen LogP contribution in [0.2, 0.25) is 5.02 Å². The summed E-state index contributed by atoms with van der Waals surface area (Å²) in [4.78, 5) is 24.6. The van der Waals surface area contributed by atoms with E-state index in [1.807, 2.05) is 67.8 Å². The molecule has 0 bridgehead atoms. The molecule has 1 heterocycles. The lowest BCUT2D eigenvalue weighted by Gasteiger charge is -2.21. The number of rotatable bonds is 5. The Kier molecular flexibility index (Phi) is 7.02. The summed E-state index contributed by atoms with van der Waals surface area (Å²) in [5.41, 5.74) is 1.26. The van der Waals surface area contributed by atoms with Gasteiger partial charge in [-0.3, -0.25) is 14.7 Å². The predicted molar refractivity (Wildman–Crippen MR) is 124 cm³/mol. The van der Waals surface area contributed by atoms with Crippen LogP contribution in [-0.2, 0) is 4.79 Å². The van der Waals surface area contributed by atoms with E-state index in [1.54, 1.807) is 19.1 Å². The Morgan fingerprint density at radius 3 is 2.29 bits per heavy atom. The van der Waals surface area contributed by atoms with E-state index >= 15 is 0 Å². The number of urea groups is 1. The molecule has 1 atom stereocenters. The predicted octanol–water partition coefficient (Wildman–Crippen LogP) is 4.69. The molecule has 0 radical (unpaired) electrons. The van der Waals surface area contributed by atoms with Crippen LogP contribution in [0.1, 0.15) is 27.7 Å². The molecule has 0 saturated heterocycles. The average molecular weight is 458 g/mol. The van der Waals surface area contributed by atoms with Crippen molar-refractivity contribution in [2.75, 3.05) is 0 Å². The van der Waals surface area contributed by atoms with E-state index < -0.39 is 22.7 Å². The van der Waals surface area contributed by atoms with Crippen LogP contribution in [0.25, 0.3) is 17.1 Å². The number of carbonyl (C=O) groups is 2. The Morgan fingerprint density at radius 1 is 1.03 bits per heavy atom. The summed E-state index contributed by atoms with van der Waals surface area (Å²) in [6.07, 6.45) is 0. The first-order valence-electron chi connectivity index (χ1n) is 9.70. The molecule has 2 aromatic carbocycles. The third-order valence-electron chi connectivity index (χ3n) is 4.13. The normalized spacial score (nSPS) is 12.3. The van der Waals surface area contributed by atoms with Crippen molar-refractivity contribution in [2.45, 2.75) is 43.6 Å². The van der Waals surface area contributed by atoms with E-state index in [1.165, 1.54) is 11.8 Å². The topological polar surface area (TPSA) is 88.9 Å². The van der Waals surface area contributed by atoms with Crippen molar-refractivity contribution in [3.8, 4) is 17.1 Å². The van der Waals surface area contributed by atoms with Gasteiger partial charge in [0.2, 0.25) is 5.91 Å². The maximum Gasteiger partial charge on any atom is 0.321 e. The molecule has 9 heteroatoms. The molecule has 1 unspecified atom stereocenters. The first kappa shape index (κ1) is 22.8. The zero-order valence-corrected chi connectivity index (χ0v) is 19.3. The standard InChI is InChI=1S/C22H24ClN5O2S/c1-14(19(29)24-20(30)25-22(2,3)4)31-21-27-26-18(15-10-12-16(23)13-11-15)28(21)17-8-6-5-7-9-17/h5-14H,1-4H3,(H2,24,25,29,30). The molecule has 1 aromatic heterocycles. The zero-order valence-electron chi connectivity index (χ0n) is 17.7. The van der Waals surface area contributed by atoms with E-state index in [4.69, 9.17) is 11.6 Å². The molecule has 3 aromatic rings. The molecule has 3 amide bonds. The van der Waals surface area contributed by atoms with Crippen molar-refractivity contribution in [3.63, 3.8) is 0 Å². The number of nitrogens with one attached hydrogen (secondary N) is 2. The molecule has 0 spiro atoms. The second-order valence-corrected chi connectivity index (χ2v) is 9.68. The van der Waals surface area contributed by atoms with Crippen LogP contribution in [0.4, 0.5) is 4.79 Å². The summed E-state index contributed by atoms with van der Waals surface area (Å²) in [5.74, 6) is 0.214. The van der Waals surface area contributed by atoms with Gasteiger partial charge in [-0.05, 0) is 64.1 Å². The van der Waals surface area contributed by atoms with Gasteiger partial charge in [0.05, 0.1) is 5.25 Å². The third-order valence-corrected chi connectivity index (χ3v) is 5.42. The number of benzene rings is 2. The zero-order chi connectivity index (χ0) is 22.6. The Hall–Kier alpha value is -2.84. The van der Waals surface area contributed by atoms with Crippen molar-refractivity contribution < 1.29 is 9.59 Å². The third kappa shape index (κ3) is 6.08. The molecule has 31 heavy (non-hydrogen) atoms. The number of aromatic nitrogens is 3. The Morgan fingerprint density at radius 2 is 1.68 bits per heavy atom. The van der Waals surface area contributed by atoms with Crippen LogP contribution in [0.3, 0.4) is 0 Å². The summed E-state index contributed by atoms with van der Waals surface area (Å²) < 4.78 is 1.88. The minimum atomic E-state index is -0.574. The smallest absolute Gasteiger partial charge is 0.321 e. The van der Waals surface area contributed by atoms with Crippen molar-refractivity contribution in [3.05, 3.63) is 59.6 Å². The number of amides is 3. The summed E-state index contributed by atoms with van der Waals surface area (Å²) in [7, 11) is 0. The number of hydrogen-bond acceptors (Lipinski definition) is 5. The minimum absolute atomic E-state index is 0.414. The van der Waals surface area contributed by atoms with Gasteiger partial charge in [0.1, 0.15) is 0 Å². The lowest BCUT2D eigenvalue weighted by molar-refractivity contribution is -0.119. The number of para-hydroxylation sites is 1. The highest BCUT2D eigenvalue weighted by Crippen LogP contribution is 2.30. The van der Waals surface area contributed by atoms with Crippen LogP contribution in [0, 0.1) is 0 Å². The summed E-state index contributed by atoms with van der Waals surface area (Å²) in [6, 6.07) is 16.4. The first-order valence-corrected chi connectivity index (χ1v) is 11.0. The molecule has 0 aliphatic heterocycles. The molecule has 3 rings (SSSR count). The number of hydrogen-bond donors (Lipinski definition) is 2. The van der Waals surface area contributed by atoms with Gasteiger partial charge in [0.15, 0.2) is 11.0 Å². The highest BCUT2D eigenvalue weighted by atomic mass is 35.5. The van der Waals surface area contributed by atoms with Crippen molar-refractivity contribution in [2.24, 2.45) is 0 Å². The number of thioether (sulfide) groups is 1. The maximum absolute atomic E-state index is 12.5. The second kappa shape index (κ2) is 9.53. The van der Waals surface area contributed by atoms with E-state index in [0.29, 0.717) is 16.0 Å². The summed E-state index contributed by atoms with van der Waals surface area (Å²) >= 11 is 7.25. The molecule has 0 saturated carbocycles. The van der Waals surface area contributed by atoms with Gasteiger partial charge in [-0.15, -0.1) is 10.2 Å². The Labute approximate surface area is 190 Å². The maximum atomic E-state index is 12.5. The fourth-order valence-electron chi connectivity index (χ4n) is 2.74. The summed E-state index contributed by atoms with van der Waals surface area (Å²) in [5, 5.41) is 14.3. The largest absolute Gasteiger partial charge is 0.333 e. The number of imide groups is 1. The van der Waals surface area contributed by atoms with Crippen molar-refractivity contribution in [1.29, 1.82) is 0 Å². The molecule has 0 aliphatic carbocycles. The number of carbonyl (C=O) groups excluding carboxylic acids is 2. The molecule has 2 N–H and O–H groups in total. The Balaban J connectivity index is 1.86. The Bertz CT molecular complexity index is 1060. The van der Waals surface area contributed by atoms with Crippen LogP contribution >= 0.6 is 23.4 Å². The minimum Gasteiger partial charge on any atom is -0.333 e. The van der Waals surface area contributed by atoms with Crippen LogP contribution in [-0.4, -0.2) is 37.5 Å². The van der Waals surface area contributed by atoms with Gasteiger partial charge >= 0.3 is 6.03 Å². The molecule has 0 fully saturated rings. The molecule has 0 aliphatic rings. The monoisotopic (exact) mass is 457 g/mol. The van der Waals surface area contributed by atoms with Gasteiger partial charge in [-0.25, -0.2) is 4.79 Å². The van der Waals surface area contributed by atoms with Gasteiger partial charge in [-0.1, -0.05) is 41.6 Å². The molecule has 7 nitrogen and oxygen atoms in total. The van der Waals surface area contributed by atoms with Gasteiger partial charge in [0.25, 0.3) is 0 Å². The van der Waals surface area contributed by atoms with Gasteiger partial charge in [0, 0.05) is 21.8 Å². The molecular formula is C22H24ClN5O2S. The quantitative estimate of drug-likeness (QED) is 0.542. The second-order valence-electron chi connectivity index (χ2n) is 7.94. The lowest BCUT2D eigenvalue weighted by atomic mass is 10.1.